The van der Waals surface area contributed by atoms with Crippen LogP contribution in [0.2, 0.25) is 0 Å². The maximum absolute atomic E-state index is 13.2. The number of nitrogens with two attached hydrogens (primary N) is 1. The zero-order valence-corrected chi connectivity index (χ0v) is 22.6. The summed E-state index contributed by atoms with van der Waals surface area (Å²) >= 11 is 0. The molecule has 3 N–H and O–H groups in total. The number of benzene rings is 2. The summed E-state index contributed by atoms with van der Waals surface area (Å²) < 4.78 is 45.6. The van der Waals surface area contributed by atoms with Crippen molar-refractivity contribution in [2.75, 3.05) is 17.7 Å². The first kappa shape index (κ1) is 25.4. The van der Waals surface area contributed by atoms with E-state index in [1.165, 1.54) is 11.4 Å². The summed E-state index contributed by atoms with van der Waals surface area (Å²) in [6.45, 7) is 3.75. The van der Waals surface area contributed by atoms with E-state index in [0.29, 0.717) is 22.6 Å². The molecule has 3 aromatic rings. The summed E-state index contributed by atoms with van der Waals surface area (Å²) in [5.41, 5.74) is 7.04. The Morgan fingerprint density at radius 2 is 1.97 bits per heavy atom. The number of methoxy groups -OCH3 is 1. The molecule has 204 valence electrons. The number of carbonyl (C=O) groups is 2. The summed E-state index contributed by atoms with van der Waals surface area (Å²) in [5.74, 6) is -0.786. The number of esters is 1. The Hall–Kier alpha value is -3.90. The number of hydrogen-bond donors (Lipinski definition) is 2. The molecule has 6 rings (SSSR count). The van der Waals surface area contributed by atoms with Gasteiger partial charge in [-0.05, 0) is 30.0 Å². The molecule has 3 aliphatic heterocycles. The number of para-hydroxylation sites is 1. The topological polar surface area (TPSA) is 154 Å². The number of oxazole rings is 1. The van der Waals surface area contributed by atoms with Crippen molar-refractivity contribution in [3.8, 4) is 5.75 Å². The van der Waals surface area contributed by atoms with Crippen LogP contribution in [0, 0.1) is 5.92 Å². The molecule has 4 bridgehead atoms. The lowest BCUT2D eigenvalue weighted by Gasteiger charge is -2.30. The van der Waals surface area contributed by atoms with Gasteiger partial charge in [-0.1, -0.05) is 44.2 Å². The normalized spacial score (nSPS) is 25.2. The van der Waals surface area contributed by atoms with Gasteiger partial charge in [0, 0.05) is 11.1 Å². The average Bonchev–Trinajstić information content (AvgIpc) is 3.53. The Morgan fingerprint density at radius 1 is 1.23 bits per heavy atom. The SMILES string of the molecule is COC(=O)c1nc2oc1C13c4cc(ccc4O[C@@H]1N(S(C)(=O)=O)c1ccccc13)CC(N)C(=O)N[C@H]2C(C)C. The van der Waals surface area contributed by atoms with Gasteiger partial charge >= 0.3 is 5.97 Å². The number of amides is 1. The minimum Gasteiger partial charge on any atom is -0.467 e. The van der Waals surface area contributed by atoms with Gasteiger partial charge in [-0.25, -0.2) is 22.5 Å². The third kappa shape index (κ3) is 3.51. The molecule has 1 spiro atoms. The number of fused-ring (bicyclic) bond motifs is 4. The third-order valence-electron chi connectivity index (χ3n) is 7.62. The van der Waals surface area contributed by atoms with E-state index in [-0.39, 0.29) is 29.7 Å². The van der Waals surface area contributed by atoms with Gasteiger partial charge in [0.15, 0.2) is 11.5 Å². The van der Waals surface area contributed by atoms with Crippen LogP contribution in [-0.2, 0) is 31.4 Å². The van der Waals surface area contributed by atoms with Crippen LogP contribution in [-0.4, -0.2) is 50.9 Å². The highest BCUT2D eigenvalue weighted by atomic mass is 32.2. The lowest BCUT2D eigenvalue weighted by Crippen LogP contribution is -2.48. The lowest BCUT2D eigenvalue weighted by molar-refractivity contribution is -0.123. The highest BCUT2D eigenvalue weighted by Crippen LogP contribution is 2.61. The van der Waals surface area contributed by atoms with Crippen LogP contribution in [0.5, 0.6) is 5.75 Å². The summed E-state index contributed by atoms with van der Waals surface area (Å²) in [6.07, 6.45) is 0.174. The van der Waals surface area contributed by atoms with Crippen LogP contribution >= 0.6 is 0 Å². The molecule has 1 aromatic heterocycles. The van der Waals surface area contributed by atoms with Gasteiger partial charge in [-0.15, -0.1) is 0 Å². The standard InChI is InChI=1S/C27H28N4O7S/c1-13(2)20-24-30-21(25(33)36-3)22(38-24)27-15-7-5-6-8-18(15)31(39(4,34)35)26(27)37-19-10-9-14(11-16(19)27)12-17(28)23(32)29-20/h5-11,13,17,20,26H,12,28H2,1-4H3,(H,29,32)/t17?,20-,26-,27?/m0/s1. The Labute approximate surface area is 225 Å². The summed E-state index contributed by atoms with van der Waals surface area (Å²) in [7, 11) is -2.64. The number of aromatic nitrogens is 1. The zero-order chi connectivity index (χ0) is 27.9. The first-order valence-electron chi connectivity index (χ1n) is 12.5. The fraction of sp³-hybridized carbons (Fsp3) is 0.370. The quantitative estimate of drug-likeness (QED) is 0.464. The van der Waals surface area contributed by atoms with E-state index in [1.807, 2.05) is 19.9 Å². The number of nitrogens with one attached hydrogen (secondary N) is 1. The van der Waals surface area contributed by atoms with Crippen LogP contribution in [0.3, 0.4) is 0 Å². The van der Waals surface area contributed by atoms with Gasteiger partial charge < -0.3 is 24.9 Å². The first-order valence-corrected chi connectivity index (χ1v) is 14.4. The Kier molecular flexibility index (Phi) is 5.57. The molecule has 1 amide bonds. The summed E-state index contributed by atoms with van der Waals surface area (Å²) in [6, 6.07) is 10.7. The second-order valence-electron chi connectivity index (χ2n) is 10.4. The first-order chi connectivity index (χ1) is 18.5. The van der Waals surface area contributed by atoms with Gasteiger partial charge in [0.05, 0.1) is 25.1 Å². The minimum absolute atomic E-state index is 0.0774. The van der Waals surface area contributed by atoms with E-state index < -0.39 is 45.6 Å². The fourth-order valence-corrected chi connectivity index (χ4v) is 6.95. The number of carbonyl (C=O) groups excluding carboxylic acids is 2. The molecule has 4 atom stereocenters. The largest absolute Gasteiger partial charge is 0.467 e. The summed E-state index contributed by atoms with van der Waals surface area (Å²) in [5, 5.41) is 2.92. The Morgan fingerprint density at radius 3 is 2.67 bits per heavy atom. The number of rotatable bonds is 3. The van der Waals surface area contributed by atoms with Crippen molar-refractivity contribution in [3.05, 3.63) is 76.5 Å². The van der Waals surface area contributed by atoms with Crippen molar-refractivity contribution in [3.63, 3.8) is 0 Å². The zero-order valence-electron chi connectivity index (χ0n) is 21.8. The van der Waals surface area contributed by atoms with E-state index in [4.69, 9.17) is 19.6 Å². The Bertz CT molecular complexity index is 1630. The molecule has 0 fully saturated rings. The molecule has 39 heavy (non-hydrogen) atoms. The van der Waals surface area contributed by atoms with Crippen LogP contribution < -0.4 is 20.1 Å². The van der Waals surface area contributed by atoms with Gasteiger partial charge in [0.25, 0.3) is 0 Å². The van der Waals surface area contributed by atoms with Crippen molar-refractivity contribution in [1.29, 1.82) is 0 Å². The second-order valence-corrected chi connectivity index (χ2v) is 12.3. The molecule has 11 nitrogen and oxygen atoms in total. The average molecular weight is 553 g/mol. The molecule has 0 aliphatic carbocycles. The van der Waals surface area contributed by atoms with E-state index in [0.717, 1.165) is 11.8 Å². The van der Waals surface area contributed by atoms with Crippen LogP contribution in [0.4, 0.5) is 5.69 Å². The van der Waals surface area contributed by atoms with E-state index in [9.17, 15) is 18.0 Å². The van der Waals surface area contributed by atoms with Crippen molar-refractivity contribution in [2.45, 2.75) is 44.0 Å². The summed E-state index contributed by atoms with van der Waals surface area (Å²) in [4.78, 5) is 30.8. The van der Waals surface area contributed by atoms with Crippen molar-refractivity contribution < 1.29 is 31.9 Å². The number of hydrogen-bond acceptors (Lipinski definition) is 9. The predicted molar refractivity (Wildman–Crippen MR) is 140 cm³/mol. The molecule has 3 aliphatic rings. The predicted octanol–water partition coefficient (Wildman–Crippen LogP) is 1.99. The smallest absolute Gasteiger partial charge is 0.360 e. The Balaban J connectivity index is 1.77. The lowest BCUT2D eigenvalue weighted by atomic mass is 9.72. The maximum atomic E-state index is 13.2. The molecule has 0 saturated carbocycles. The van der Waals surface area contributed by atoms with Crippen molar-refractivity contribution in [2.24, 2.45) is 11.7 Å². The number of nitrogens with zero attached hydrogens (tertiary/aromatic N) is 2. The van der Waals surface area contributed by atoms with E-state index >= 15 is 0 Å². The maximum Gasteiger partial charge on any atom is 0.360 e. The third-order valence-corrected chi connectivity index (χ3v) is 8.72. The van der Waals surface area contributed by atoms with Crippen LogP contribution in [0.25, 0.3) is 0 Å². The fourth-order valence-electron chi connectivity index (χ4n) is 5.89. The molecule has 2 unspecified atom stereocenters. The monoisotopic (exact) mass is 552 g/mol. The van der Waals surface area contributed by atoms with Gasteiger partial charge in [0.2, 0.25) is 28.0 Å². The molecule has 0 radical (unpaired) electrons. The molecule has 12 heteroatoms. The number of sulfonamides is 1. The van der Waals surface area contributed by atoms with Gasteiger partial charge in [-0.2, -0.15) is 0 Å². The highest BCUT2D eigenvalue weighted by Gasteiger charge is 2.65. The molecular formula is C27H28N4O7S. The van der Waals surface area contributed by atoms with Gasteiger partial charge in [0.1, 0.15) is 17.2 Å². The van der Waals surface area contributed by atoms with Crippen molar-refractivity contribution in [1.82, 2.24) is 10.3 Å². The van der Waals surface area contributed by atoms with E-state index in [2.05, 4.69) is 10.3 Å². The number of ether oxygens (including phenoxy) is 2. The van der Waals surface area contributed by atoms with Crippen molar-refractivity contribution >= 4 is 27.6 Å². The highest BCUT2D eigenvalue weighted by molar-refractivity contribution is 7.92. The van der Waals surface area contributed by atoms with Crippen LogP contribution in [0.15, 0.2) is 46.9 Å². The minimum atomic E-state index is -3.87. The van der Waals surface area contributed by atoms with Gasteiger partial charge in [-0.3, -0.25) is 4.79 Å². The number of anilines is 1. The van der Waals surface area contributed by atoms with E-state index in [1.54, 1.807) is 36.4 Å². The van der Waals surface area contributed by atoms with Crippen LogP contribution in [0.1, 0.15) is 58.7 Å². The molecular weight excluding hydrogens is 524 g/mol. The molecule has 4 heterocycles. The molecule has 2 aromatic carbocycles. The second kappa shape index (κ2) is 8.55. The molecule has 0 saturated heterocycles.